The minimum absolute atomic E-state index is 0.310. The Kier molecular flexibility index (Phi) is 4.48. The molecule has 0 saturated carbocycles. The van der Waals surface area contributed by atoms with Crippen LogP contribution in [0.2, 0.25) is 0 Å². The zero-order chi connectivity index (χ0) is 15.5. The average molecular weight is 427 g/mol. The van der Waals surface area contributed by atoms with Crippen molar-refractivity contribution in [2.75, 3.05) is 17.7 Å². The Morgan fingerprint density at radius 3 is 2.77 bits per heavy atom. The third-order valence-electron chi connectivity index (χ3n) is 2.89. The van der Waals surface area contributed by atoms with E-state index in [0.717, 1.165) is 19.3 Å². The first kappa shape index (κ1) is 15.1. The number of benzene rings is 1. The summed E-state index contributed by atoms with van der Waals surface area (Å²) in [6.45, 7) is 0. The van der Waals surface area contributed by atoms with Crippen molar-refractivity contribution in [2.45, 2.75) is 0 Å². The van der Waals surface area contributed by atoms with E-state index in [9.17, 15) is 4.39 Å². The summed E-state index contributed by atoms with van der Waals surface area (Å²) < 4.78 is 14.8. The highest BCUT2D eigenvalue weighted by atomic mass is 127. The van der Waals surface area contributed by atoms with E-state index >= 15 is 0 Å². The van der Waals surface area contributed by atoms with Crippen LogP contribution < -0.4 is 10.6 Å². The van der Waals surface area contributed by atoms with E-state index in [2.05, 4.69) is 48.4 Å². The maximum Gasteiger partial charge on any atom is 0.205 e. The van der Waals surface area contributed by atoms with Crippen LogP contribution in [0.25, 0.3) is 10.6 Å². The molecule has 5 nitrogen and oxygen atoms in total. The highest BCUT2D eigenvalue weighted by molar-refractivity contribution is 14.1. The molecule has 3 rings (SSSR count). The predicted molar refractivity (Wildman–Crippen MR) is 95.1 cm³/mol. The second-order valence-electron chi connectivity index (χ2n) is 4.33. The molecular weight excluding hydrogens is 416 g/mol. The minimum atomic E-state index is -0.310. The molecule has 0 amide bonds. The van der Waals surface area contributed by atoms with E-state index in [1.807, 2.05) is 12.1 Å². The van der Waals surface area contributed by atoms with Gasteiger partial charge in [-0.1, -0.05) is 11.3 Å². The van der Waals surface area contributed by atoms with Gasteiger partial charge in [0.2, 0.25) is 5.13 Å². The number of nitrogens with zero attached hydrogens (tertiary/aromatic N) is 3. The zero-order valence-corrected chi connectivity index (χ0v) is 14.4. The molecule has 0 bridgehead atoms. The number of hydrogen-bond donors (Lipinski definition) is 2. The number of hydrogen-bond acceptors (Lipinski definition) is 6. The fourth-order valence-corrected chi connectivity index (χ4v) is 3.04. The van der Waals surface area contributed by atoms with Gasteiger partial charge >= 0.3 is 0 Å². The van der Waals surface area contributed by atoms with Gasteiger partial charge < -0.3 is 10.6 Å². The monoisotopic (exact) mass is 427 g/mol. The molecule has 22 heavy (non-hydrogen) atoms. The molecule has 2 aromatic heterocycles. The SMILES string of the molecule is CNc1nnc(-c2ccncc2Nc2ccc(I)cc2F)s1. The van der Waals surface area contributed by atoms with Gasteiger partial charge in [0, 0.05) is 22.4 Å². The molecule has 0 aliphatic rings. The van der Waals surface area contributed by atoms with Crippen molar-refractivity contribution in [1.29, 1.82) is 0 Å². The van der Waals surface area contributed by atoms with Gasteiger partial charge in [-0.15, -0.1) is 10.2 Å². The maximum absolute atomic E-state index is 14.0. The van der Waals surface area contributed by atoms with Gasteiger partial charge in [-0.3, -0.25) is 4.98 Å². The summed E-state index contributed by atoms with van der Waals surface area (Å²) in [5, 5.41) is 15.6. The van der Waals surface area contributed by atoms with E-state index in [1.165, 1.54) is 17.4 Å². The first-order chi connectivity index (χ1) is 10.7. The summed E-state index contributed by atoms with van der Waals surface area (Å²) in [6.07, 6.45) is 3.32. The second-order valence-corrected chi connectivity index (χ2v) is 6.56. The number of rotatable bonds is 4. The summed E-state index contributed by atoms with van der Waals surface area (Å²) in [6, 6.07) is 6.84. The first-order valence-electron chi connectivity index (χ1n) is 6.35. The molecule has 0 aliphatic heterocycles. The number of nitrogens with one attached hydrogen (secondary N) is 2. The van der Waals surface area contributed by atoms with E-state index in [1.54, 1.807) is 25.5 Å². The van der Waals surface area contributed by atoms with Crippen LogP contribution in [0.3, 0.4) is 0 Å². The Labute approximate surface area is 144 Å². The highest BCUT2D eigenvalue weighted by Crippen LogP contribution is 2.33. The number of pyridine rings is 1. The van der Waals surface area contributed by atoms with Gasteiger partial charge in [0.15, 0.2) is 5.01 Å². The molecule has 0 spiro atoms. The van der Waals surface area contributed by atoms with Crippen molar-refractivity contribution in [3.05, 3.63) is 46.0 Å². The van der Waals surface area contributed by atoms with Gasteiger partial charge in [0.05, 0.1) is 17.6 Å². The summed E-state index contributed by atoms with van der Waals surface area (Å²) in [4.78, 5) is 4.10. The van der Waals surface area contributed by atoms with E-state index in [-0.39, 0.29) is 5.82 Å². The molecular formula is C14H11FIN5S. The number of halogens is 2. The van der Waals surface area contributed by atoms with Crippen LogP contribution in [0.1, 0.15) is 0 Å². The molecule has 0 atom stereocenters. The standard InChI is InChI=1S/C14H11FIN5S/c1-17-14-21-20-13(22-14)9-4-5-18-7-12(9)19-11-3-2-8(16)6-10(11)15/h2-7,19H,1H3,(H,17,21). The molecule has 112 valence electrons. The molecule has 2 heterocycles. The fourth-order valence-electron chi connectivity index (χ4n) is 1.85. The van der Waals surface area contributed by atoms with Crippen LogP contribution in [-0.4, -0.2) is 22.2 Å². The molecule has 0 aliphatic carbocycles. The molecule has 8 heteroatoms. The summed E-state index contributed by atoms with van der Waals surface area (Å²) in [5.74, 6) is -0.310. The molecule has 2 N–H and O–H groups in total. The van der Waals surface area contributed by atoms with Gasteiger partial charge in [-0.05, 0) is 46.9 Å². The molecule has 0 fully saturated rings. The third-order valence-corrected chi connectivity index (χ3v) is 4.54. The van der Waals surface area contributed by atoms with Crippen molar-refractivity contribution >= 4 is 50.4 Å². The van der Waals surface area contributed by atoms with Crippen molar-refractivity contribution in [2.24, 2.45) is 0 Å². The number of aromatic nitrogens is 3. The van der Waals surface area contributed by atoms with Crippen LogP contribution in [0.4, 0.5) is 20.9 Å². The lowest BCUT2D eigenvalue weighted by molar-refractivity contribution is 0.631. The molecule has 0 saturated heterocycles. The molecule has 1 aromatic carbocycles. The van der Waals surface area contributed by atoms with Crippen LogP contribution in [0, 0.1) is 9.39 Å². The number of anilines is 3. The Morgan fingerprint density at radius 1 is 1.18 bits per heavy atom. The predicted octanol–water partition coefficient (Wildman–Crippen LogP) is 4.13. The molecule has 3 aromatic rings. The lowest BCUT2D eigenvalue weighted by atomic mass is 10.2. The second kappa shape index (κ2) is 6.53. The van der Waals surface area contributed by atoms with Gasteiger partial charge in [0.25, 0.3) is 0 Å². The van der Waals surface area contributed by atoms with Gasteiger partial charge in [-0.2, -0.15) is 0 Å². The third kappa shape index (κ3) is 3.17. The van der Waals surface area contributed by atoms with Crippen molar-refractivity contribution in [1.82, 2.24) is 15.2 Å². The lowest BCUT2D eigenvalue weighted by Gasteiger charge is -2.10. The van der Waals surface area contributed by atoms with Gasteiger partial charge in [-0.25, -0.2) is 4.39 Å². The van der Waals surface area contributed by atoms with Crippen molar-refractivity contribution < 1.29 is 4.39 Å². The van der Waals surface area contributed by atoms with Crippen molar-refractivity contribution in [3.8, 4) is 10.6 Å². The largest absolute Gasteiger partial charge is 0.363 e. The molecule has 0 unspecified atom stereocenters. The fraction of sp³-hybridized carbons (Fsp3) is 0.0714. The Bertz CT molecular complexity index is 807. The Morgan fingerprint density at radius 2 is 2.05 bits per heavy atom. The maximum atomic E-state index is 14.0. The lowest BCUT2D eigenvalue weighted by Crippen LogP contribution is -1.97. The Balaban J connectivity index is 1.97. The van der Waals surface area contributed by atoms with Crippen LogP contribution in [0.15, 0.2) is 36.7 Å². The molecule has 0 radical (unpaired) electrons. The van der Waals surface area contributed by atoms with E-state index < -0.39 is 0 Å². The highest BCUT2D eigenvalue weighted by Gasteiger charge is 2.12. The smallest absolute Gasteiger partial charge is 0.205 e. The minimum Gasteiger partial charge on any atom is -0.363 e. The van der Waals surface area contributed by atoms with Gasteiger partial charge in [0.1, 0.15) is 5.82 Å². The van der Waals surface area contributed by atoms with Crippen LogP contribution in [-0.2, 0) is 0 Å². The first-order valence-corrected chi connectivity index (χ1v) is 8.24. The van der Waals surface area contributed by atoms with Crippen molar-refractivity contribution in [3.63, 3.8) is 0 Å². The van der Waals surface area contributed by atoms with Crippen LogP contribution >= 0.6 is 33.9 Å². The quantitative estimate of drug-likeness (QED) is 0.614. The van der Waals surface area contributed by atoms with Crippen LogP contribution in [0.5, 0.6) is 0 Å². The average Bonchev–Trinajstić information content (AvgIpc) is 2.99. The normalized spacial score (nSPS) is 10.5. The summed E-state index contributed by atoms with van der Waals surface area (Å²) >= 11 is 3.49. The van der Waals surface area contributed by atoms with E-state index in [0.29, 0.717) is 11.4 Å². The zero-order valence-electron chi connectivity index (χ0n) is 11.5. The topological polar surface area (TPSA) is 62.7 Å². The summed E-state index contributed by atoms with van der Waals surface area (Å²) in [5.41, 5.74) is 1.90. The summed E-state index contributed by atoms with van der Waals surface area (Å²) in [7, 11) is 1.79. The van der Waals surface area contributed by atoms with E-state index in [4.69, 9.17) is 0 Å². The Hall–Kier alpha value is -1.81.